The van der Waals surface area contributed by atoms with Crippen LogP contribution in [0.5, 0.6) is 0 Å². The maximum atomic E-state index is 10.4. The van der Waals surface area contributed by atoms with Gasteiger partial charge in [0.15, 0.2) is 0 Å². The molecule has 0 atom stereocenters. The number of carbonyl (C=O) groups is 1. The Morgan fingerprint density at radius 3 is 3.19 bits per heavy atom. The Morgan fingerprint density at radius 2 is 2.50 bits per heavy atom. The maximum absolute atomic E-state index is 10.4. The van der Waals surface area contributed by atoms with Crippen molar-refractivity contribution in [2.45, 2.75) is 11.7 Å². The number of aliphatic carboxylic acids is 1. The summed E-state index contributed by atoms with van der Waals surface area (Å²) in [5.74, 6) is -0.917. The van der Waals surface area contributed by atoms with Crippen LogP contribution < -0.4 is 0 Å². The highest BCUT2D eigenvalue weighted by atomic mass is 32.2. The third kappa shape index (κ3) is 2.80. The highest BCUT2D eigenvalue weighted by Gasteiger charge is 2.09. The molecular weight excluding hydrogens is 248 g/mol. The Morgan fingerprint density at radius 1 is 1.62 bits per heavy atom. The first-order valence-corrected chi connectivity index (χ1v) is 6.30. The van der Waals surface area contributed by atoms with Gasteiger partial charge in [-0.3, -0.25) is 4.79 Å². The molecule has 0 unspecified atom stereocenters. The second-order valence-corrected chi connectivity index (χ2v) is 4.66. The number of rotatable bonds is 5. The lowest BCUT2D eigenvalue weighted by Crippen LogP contribution is -2.05. The molecular formula is C8H8N4O2S2. The molecule has 16 heavy (non-hydrogen) atoms. The van der Waals surface area contributed by atoms with Crippen LogP contribution >= 0.6 is 23.1 Å². The van der Waals surface area contributed by atoms with Crippen LogP contribution in [0.4, 0.5) is 0 Å². The molecule has 2 aromatic heterocycles. The topological polar surface area (TPSA) is 80.9 Å². The van der Waals surface area contributed by atoms with Crippen molar-refractivity contribution in [2.75, 3.05) is 5.75 Å². The molecule has 0 spiro atoms. The van der Waals surface area contributed by atoms with Gasteiger partial charge in [-0.15, -0.1) is 5.10 Å². The number of thioether (sulfide) groups is 1. The average molecular weight is 256 g/mol. The lowest BCUT2D eigenvalue weighted by molar-refractivity contribution is -0.133. The van der Waals surface area contributed by atoms with Crippen molar-refractivity contribution in [3.63, 3.8) is 0 Å². The van der Waals surface area contributed by atoms with Gasteiger partial charge in [0.05, 0.1) is 12.3 Å². The van der Waals surface area contributed by atoms with E-state index in [1.165, 1.54) is 0 Å². The number of nitrogens with zero attached hydrogens (tertiary/aromatic N) is 4. The molecule has 6 nitrogen and oxygen atoms in total. The highest BCUT2D eigenvalue weighted by Crippen LogP contribution is 2.15. The Bertz CT molecular complexity index is 468. The number of hydrogen-bond acceptors (Lipinski definition) is 6. The Kier molecular flexibility index (Phi) is 3.52. The molecule has 0 amide bonds. The summed E-state index contributed by atoms with van der Waals surface area (Å²) in [5.41, 5.74) is 1.11. The van der Waals surface area contributed by atoms with Gasteiger partial charge in [-0.1, -0.05) is 11.8 Å². The first kappa shape index (κ1) is 11.1. The molecule has 0 fully saturated rings. The van der Waals surface area contributed by atoms with E-state index in [-0.39, 0.29) is 5.75 Å². The number of thiophene rings is 1. The normalized spacial score (nSPS) is 10.5. The van der Waals surface area contributed by atoms with E-state index in [0.29, 0.717) is 11.7 Å². The number of aromatic nitrogens is 4. The quantitative estimate of drug-likeness (QED) is 0.802. The molecule has 0 aromatic carbocycles. The molecule has 0 bridgehead atoms. The smallest absolute Gasteiger partial charge is 0.313 e. The SMILES string of the molecule is O=C(O)CSc1nnnn1Cc1ccsc1. The molecule has 8 heteroatoms. The molecule has 2 aromatic rings. The van der Waals surface area contributed by atoms with Crippen LogP contribution in [0.1, 0.15) is 5.56 Å². The molecule has 0 saturated carbocycles. The molecule has 0 aliphatic heterocycles. The lowest BCUT2D eigenvalue weighted by atomic mass is 10.3. The van der Waals surface area contributed by atoms with Crippen molar-refractivity contribution in [2.24, 2.45) is 0 Å². The Balaban J connectivity index is 2.04. The van der Waals surface area contributed by atoms with Crippen LogP contribution in [0.3, 0.4) is 0 Å². The van der Waals surface area contributed by atoms with E-state index in [2.05, 4.69) is 15.5 Å². The molecule has 0 aliphatic rings. The zero-order valence-corrected chi connectivity index (χ0v) is 9.74. The number of carboxylic acids is 1. The van der Waals surface area contributed by atoms with E-state index in [1.807, 2.05) is 16.8 Å². The molecule has 1 N–H and O–H groups in total. The van der Waals surface area contributed by atoms with E-state index >= 15 is 0 Å². The van der Waals surface area contributed by atoms with Crippen LogP contribution in [-0.2, 0) is 11.3 Å². The molecule has 2 heterocycles. The van der Waals surface area contributed by atoms with Crippen molar-refractivity contribution < 1.29 is 9.90 Å². The van der Waals surface area contributed by atoms with Gasteiger partial charge < -0.3 is 5.11 Å². The van der Waals surface area contributed by atoms with Crippen LogP contribution in [0.15, 0.2) is 22.0 Å². The zero-order chi connectivity index (χ0) is 11.4. The largest absolute Gasteiger partial charge is 0.481 e. The zero-order valence-electron chi connectivity index (χ0n) is 8.11. The van der Waals surface area contributed by atoms with Gasteiger partial charge in [-0.2, -0.15) is 11.3 Å². The monoisotopic (exact) mass is 256 g/mol. The van der Waals surface area contributed by atoms with Crippen LogP contribution in [0.25, 0.3) is 0 Å². The summed E-state index contributed by atoms with van der Waals surface area (Å²) in [6, 6.07) is 1.98. The van der Waals surface area contributed by atoms with E-state index in [4.69, 9.17) is 5.11 Å². The molecule has 0 radical (unpaired) electrons. The van der Waals surface area contributed by atoms with Crippen molar-refractivity contribution >= 4 is 29.1 Å². The van der Waals surface area contributed by atoms with Gasteiger partial charge in [0, 0.05) is 0 Å². The van der Waals surface area contributed by atoms with Crippen LogP contribution in [-0.4, -0.2) is 37.0 Å². The standard InChI is InChI=1S/C8H8N4O2S2/c13-7(14)5-16-8-9-10-11-12(8)3-6-1-2-15-4-6/h1-2,4H,3,5H2,(H,13,14). The Hall–Kier alpha value is -1.41. The fraction of sp³-hybridized carbons (Fsp3) is 0.250. The molecule has 0 saturated heterocycles. The fourth-order valence-corrected chi connectivity index (χ4v) is 2.34. The third-order valence-corrected chi connectivity index (χ3v) is 3.41. The van der Waals surface area contributed by atoms with Crippen LogP contribution in [0.2, 0.25) is 0 Å². The van der Waals surface area contributed by atoms with Crippen LogP contribution in [0, 0.1) is 0 Å². The average Bonchev–Trinajstić information content (AvgIpc) is 2.87. The number of tetrazole rings is 1. The maximum Gasteiger partial charge on any atom is 0.313 e. The van der Waals surface area contributed by atoms with Gasteiger partial charge in [0.2, 0.25) is 5.16 Å². The fourth-order valence-electron chi connectivity index (χ4n) is 1.08. The summed E-state index contributed by atoms with van der Waals surface area (Å²) in [7, 11) is 0. The second kappa shape index (κ2) is 5.08. The predicted molar refractivity (Wildman–Crippen MR) is 59.6 cm³/mol. The first-order chi connectivity index (χ1) is 7.75. The van der Waals surface area contributed by atoms with E-state index < -0.39 is 5.97 Å². The van der Waals surface area contributed by atoms with E-state index in [9.17, 15) is 4.79 Å². The van der Waals surface area contributed by atoms with Gasteiger partial charge >= 0.3 is 5.97 Å². The summed E-state index contributed by atoms with van der Waals surface area (Å²) < 4.78 is 1.59. The van der Waals surface area contributed by atoms with Crippen molar-refractivity contribution in [1.29, 1.82) is 0 Å². The van der Waals surface area contributed by atoms with E-state index in [0.717, 1.165) is 17.3 Å². The summed E-state index contributed by atoms with van der Waals surface area (Å²) in [6.07, 6.45) is 0. The summed E-state index contributed by atoms with van der Waals surface area (Å²) in [6.45, 7) is 0.568. The lowest BCUT2D eigenvalue weighted by Gasteiger charge is -2.00. The highest BCUT2D eigenvalue weighted by molar-refractivity contribution is 7.99. The first-order valence-electron chi connectivity index (χ1n) is 4.37. The minimum absolute atomic E-state index is 0.0377. The summed E-state index contributed by atoms with van der Waals surface area (Å²) >= 11 is 2.72. The summed E-state index contributed by atoms with van der Waals surface area (Å²) in [4.78, 5) is 10.4. The second-order valence-electron chi connectivity index (χ2n) is 2.93. The number of carboxylic acid groups (broad SMARTS) is 1. The molecule has 2 rings (SSSR count). The predicted octanol–water partition coefficient (Wildman–Crippen LogP) is 0.960. The minimum atomic E-state index is -0.880. The number of hydrogen-bond donors (Lipinski definition) is 1. The van der Waals surface area contributed by atoms with Crippen molar-refractivity contribution in [3.05, 3.63) is 22.4 Å². The van der Waals surface area contributed by atoms with Gasteiger partial charge in [-0.05, 0) is 32.8 Å². The Labute approximate surface area is 99.3 Å². The van der Waals surface area contributed by atoms with Crippen molar-refractivity contribution in [3.8, 4) is 0 Å². The van der Waals surface area contributed by atoms with Gasteiger partial charge in [-0.25, -0.2) is 4.68 Å². The minimum Gasteiger partial charge on any atom is -0.481 e. The molecule has 84 valence electrons. The van der Waals surface area contributed by atoms with Crippen molar-refractivity contribution in [1.82, 2.24) is 20.2 Å². The molecule has 0 aliphatic carbocycles. The third-order valence-electron chi connectivity index (χ3n) is 1.74. The summed E-state index contributed by atoms with van der Waals surface area (Å²) in [5, 5.41) is 24.2. The van der Waals surface area contributed by atoms with Gasteiger partial charge in [0.25, 0.3) is 0 Å². The van der Waals surface area contributed by atoms with E-state index in [1.54, 1.807) is 16.0 Å². The van der Waals surface area contributed by atoms with Gasteiger partial charge in [0.1, 0.15) is 0 Å².